The van der Waals surface area contributed by atoms with Gasteiger partial charge in [0.15, 0.2) is 0 Å². The second-order valence-electron chi connectivity index (χ2n) is 7.15. The molecule has 2 heterocycles. The summed E-state index contributed by atoms with van der Waals surface area (Å²) < 4.78 is 1.56. The van der Waals surface area contributed by atoms with E-state index in [1.54, 1.807) is 10.9 Å². The molecule has 1 aliphatic heterocycles. The molecule has 1 fully saturated rings. The first kappa shape index (κ1) is 19.0. The number of benzene rings is 1. The van der Waals surface area contributed by atoms with E-state index in [9.17, 15) is 14.7 Å². The van der Waals surface area contributed by atoms with E-state index in [0.29, 0.717) is 5.69 Å². The van der Waals surface area contributed by atoms with Gasteiger partial charge in [-0.1, -0.05) is 49.4 Å². The van der Waals surface area contributed by atoms with Gasteiger partial charge in [-0.05, 0) is 5.92 Å². The van der Waals surface area contributed by atoms with E-state index in [1.807, 2.05) is 44.2 Å². The molecule has 2 N–H and O–H groups in total. The van der Waals surface area contributed by atoms with Crippen molar-refractivity contribution >= 4 is 11.8 Å². The van der Waals surface area contributed by atoms with Gasteiger partial charge in [-0.3, -0.25) is 9.59 Å². The highest BCUT2D eigenvalue weighted by Gasteiger charge is 2.42. The van der Waals surface area contributed by atoms with Crippen molar-refractivity contribution in [3.8, 4) is 11.3 Å². The molecule has 1 saturated heterocycles. The number of amides is 2. The predicted octanol–water partition coefficient (Wildman–Crippen LogP) is 0.850. The third-order valence-electron chi connectivity index (χ3n) is 4.86. The van der Waals surface area contributed by atoms with E-state index in [-0.39, 0.29) is 30.7 Å². The van der Waals surface area contributed by atoms with Gasteiger partial charge in [0, 0.05) is 25.6 Å². The standard InChI is InChI=1S/C19H25N5O3/c1-12(2)17(19(27)23-10-14(25)9-16(23)18(26)20-3)24-11-15(21-22-24)13-7-5-4-6-8-13/h4-8,11-12,14,16-17,25H,9-10H2,1-3H3,(H,20,26)/t14?,16?,17-/m0/s1. The van der Waals surface area contributed by atoms with Crippen molar-refractivity contribution < 1.29 is 14.7 Å². The molecule has 8 heteroatoms. The van der Waals surface area contributed by atoms with Crippen molar-refractivity contribution in [1.82, 2.24) is 25.2 Å². The van der Waals surface area contributed by atoms with E-state index >= 15 is 0 Å². The van der Waals surface area contributed by atoms with E-state index in [0.717, 1.165) is 5.56 Å². The molecule has 27 heavy (non-hydrogen) atoms. The van der Waals surface area contributed by atoms with Gasteiger partial charge < -0.3 is 15.3 Å². The minimum atomic E-state index is -0.709. The van der Waals surface area contributed by atoms with Crippen LogP contribution < -0.4 is 5.32 Å². The molecule has 2 amide bonds. The number of β-amino-alcohol motifs (C(OH)–C–C–N with tert-alkyl or cyclic N) is 1. The molecule has 144 valence electrons. The van der Waals surface area contributed by atoms with Crippen molar-refractivity contribution in [2.24, 2.45) is 5.92 Å². The maximum absolute atomic E-state index is 13.3. The lowest BCUT2D eigenvalue weighted by atomic mass is 10.0. The SMILES string of the molecule is CNC(=O)C1CC(O)CN1C(=O)[C@H](C(C)C)n1cc(-c2ccccc2)nn1. The van der Waals surface area contributed by atoms with E-state index in [4.69, 9.17) is 0 Å². The van der Waals surface area contributed by atoms with Gasteiger partial charge >= 0.3 is 0 Å². The third-order valence-corrected chi connectivity index (χ3v) is 4.86. The lowest BCUT2D eigenvalue weighted by molar-refractivity contribution is -0.142. The van der Waals surface area contributed by atoms with Crippen LogP contribution in [0.15, 0.2) is 36.5 Å². The summed E-state index contributed by atoms with van der Waals surface area (Å²) in [5.41, 5.74) is 1.59. The highest BCUT2D eigenvalue weighted by Crippen LogP contribution is 2.27. The number of aromatic nitrogens is 3. The molecule has 0 bridgehead atoms. The Balaban J connectivity index is 1.88. The quantitative estimate of drug-likeness (QED) is 0.812. The van der Waals surface area contributed by atoms with Crippen LogP contribution in [0.1, 0.15) is 26.3 Å². The smallest absolute Gasteiger partial charge is 0.248 e. The first-order chi connectivity index (χ1) is 12.9. The summed E-state index contributed by atoms with van der Waals surface area (Å²) in [7, 11) is 1.53. The zero-order valence-corrected chi connectivity index (χ0v) is 15.7. The molecule has 0 aliphatic carbocycles. The number of aliphatic hydroxyl groups is 1. The Morgan fingerprint density at radius 2 is 1.96 bits per heavy atom. The minimum absolute atomic E-state index is 0.0640. The summed E-state index contributed by atoms with van der Waals surface area (Å²) in [6.07, 6.45) is 1.28. The molecule has 0 spiro atoms. The molecule has 0 radical (unpaired) electrons. The number of hydrogen-bond acceptors (Lipinski definition) is 5. The monoisotopic (exact) mass is 371 g/mol. The van der Waals surface area contributed by atoms with Gasteiger partial charge in [-0.25, -0.2) is 4.68 Å². The number of nitrogens with zero attached hydrogens (tertiary/aromatic N) is 4. The summed E-state index contributed by atoms with van der Waals surface area (Å²) in [4.78, 5) is 26.9. The molecule has 3 atom stereocenters. The zero-order valence-electron chi connectivity index (χ0n) is 15.7. The Kier molecular flexibility index (Phi) is 5.55. The molecule has 2 aromatic rings. The minimum Gasteiger partial charge on any atom is -0.391 e. The average molecular weight is 371 g/mol. The summed E-state index contributed by atoms with van der Waals surface area (Å²) in [5.74, 6) is -0.573. The fourth-order valence-electron chi connectivity index (χ4n) is 3.50. The number of rotatable bonds is 5. The van der Waals surface area contributed by atoms with Crippen LogP contribution in [0.2, 0.25) is 0 Å². The van der Waals surface area contributed by atoms with Crippen molar-refractivity contribution in [3.63, 3.8) is 0 Å². The first-order valence-corrected chi connectivity index (χ1v) is 9.09. The number of carbonyl (C=O) groups excluding carboxylic acids is 2. The van der Waals surface area contributed by atoms with Crippen LogP contribution in [-0.2, 0) is 9.59 Å². The van der Waals surface area contributed by atoms with E-state index in [1.165, 1.54) is 11.9 Å². The van der Waals surface area contributed by atoms with Crippen molar-refractivity contribution in [2.45, 2.75) is 38.5 Å². The molecule has 0 saturated carbocycles. The Hall–Kier alpha value is -2.74. The molecule has 1 aromatic heterocycles. The number of aliphatic hydroxyl groups excluding tert-OH is 1. The Bertz CT molecular complexity index is 805. The van der Waals surface area contributed by atoms with Gasteiger partial charge in [-0.2, -0.15) is 0 Å². The second kappa shape index (κ2) is 7.87. The number of likely N-dealkylation sites (N-methyl/N-ethyl adjacent to an activating group) is 1. The highest BCUT2D eigenvalue weighted by atomic mass is 16.3. The lowest BCUT2D eigenvalue weighted by Crippen LogP contribution is -2.48. The van der Waals surface area contributed by atoms with E-state index < -0.39 is 18.2 Å². The topological polar surface area (TPSA) is 100 Å². The van der Waals surface area contributed by atoms with Crippen molar-refractivity contribution in [2.75, 3.05) is 13.6 Å². The fraction of sp³-hybridized carbons (Fsp3) is 0.474. The van der Waals surface area contributed by atoms with Gasteiger partial charge in [0.1, 0.15) is 17.8 Å². The van der Waals surface area contributed by atoms with E-state index in [2.05, 4.69) is 15.6 Å². The number of hydrogen-bond donors (Lipinski definition) is 2. The molecular formula is C19H25N5O3. The fourth-order valence-corrected chi connectivity index (χ4v) is 3.50. The van der Waals surface area contributed by atoms with Gasteiger partial charge in [0.05, 0.1) is 12.3 Å². The molecule has 2 unspecified atom stereocenters. The summed E-state index contributed by atoms with van der Waals surface area (Å²) in [6, 6.07) is 8.34. The lowest BCUT2D eigenvalue weighted by Gasteiger charge is -2.29. The second-order valence-corrected chi connectivity index (χ2v) is 7.15. The largest absolute Gasteiger partial charge is 0.391 e. The maximum Gasteiger partial charge on any atom is 0.248 e. The van der Waals surface area contributed by atoms with Gasteiger partial charge in [0.25, 0.3) is 0 Å². The Morgan fingerprint density at radius 3 is 2.59 bits per heavy atom. The van der Waals surface area contributed by atoms with Crippen LogP contribution in [0.5, 0.6) is 0 Å². The van der Waals surface area contributed by atoms with Crippen LogP contribution in [0.25, 0.3) is 11.3 Å². The number of carbonyl (C=O) groups is 2. The summed E-state index contributed by atoms with van der Waals surface area (Å²) in [6.45, 7) is 3.99. The van der Waals surface area contributed by atoms with Gasteiger partial charge in [0.2, 0.25) is 11.8 Å². The average Bonchev–Trinajstić information content (AvgIpc) is 3.28. The van der Waals surface area contributed by atoms with Crippen LogP contribution in [0, 0.1) is 5.92 Å². The van der Waals surface area contributed by atoms with Crippen LogP contribution in [-0.4, -0.2) is 62.6 Å². The molecule has 1 aromatic carbocycles. The van der Waals surface area contributed by atoms with Crippen LogP contribution in [0.4, 0.5) is 0 Å². The number of nitrogens with one attached hydrogen (secondary N) is 1. The molecule has 8 nitrogen and oxygen atoms in total. The van der Waals surface area contributed by atoms with Crippen molar-refractivity contribution in [1.29, 1.82) is 0 Å². The molecular weight excluding hydrogens is 346 g/mol. The Labute approximate surface area is 158 Å². The van der Waals surface area contributed by atoms with Crippen LogP contribution >= 0.6 is 0 Å². The first-order valence-electron chi connectivity index (χ1n) is 9.09. The normalized spacial score (nSPS) is 20.7. The Morgan fingerprint density at radius 1 is 1.26 bits per heavy atom. The highest BCUT2D eigenvalue weighted by molar-refractivity contribution is 5.90. The van der Waals surface area contributed by atoms with Crippen molar-refractivity contribution in [3.05, 3.63) is 36.5 Å². The molecule has 3 rings (SSSR count). The van der Waals surface area contributed by atoms with Gasteiger partial charge in [-0.15, -0.1) is 5.10 Å². The zero-order chi connectivity index (χ0) is 19.6. The van der Waals surface area contributed by atoms with Crippen LogP contribution in [0.3, 0.4) is 0 Å². The number of likely N-dealkylation sites (tertiary alicyclic amines) is 1. The predicted molar refractivity (Wildman–Crippen MR) is 99.5 cm³/mol. The maximum atomic E-state index is 13.3. The summed E-state index contributed by atoms with van der Waals surface area (Å²) in [5, 5.41) is 20.9. The third kappa shape index (κ3) is 3.85. The summed E-state index contributed by atoms with van der Waals surface area (Å²) >= 11 is 0. The molecule has 1 aliphatic rings.